The van der Waals surface area contributed by atoms with E-state index in [9.17, 15) is 19.7 Å². The van der Waals surface area contributed by atoms with Crippen LogP contribution in [0.5, 0.6) is 0 Å². The third-order valence-electron chi connectivity index (χ3n) is 6.69. The molecule has 0 unspecified atom stereocenters. The van der Waals surface area contributed by atoms with Crippen molar-refractivity contribution in [3.8, 4) is 0 Å². The average Bonchev–Trinajstić information content (AvgIpc) is 3.04. The van der Waals surface area contributed by atoms with Crippen molar-refractivity contribution in [3.05, 3.63) is 173 Å². The zero-order valence-electron chi connectivity index (χ0n) is 22.5. The van der Waals surface area contributed by atoms with Crippen molar-refractivity contribution in [1.29, 1.82) is 0 Å². The average molecular weight is 573 g/mol. The Bertz CT molecular complexity index is 1630. The molecule has 7 nitrogen and oxygen atoms in total. The largest absolute Gasteiger partial charge is 0.315 e. The molecule has 0 spiro atoms. The summed E-state index contributed by atoms with van der Waals surface area (Å²) in [7, 11) is -2.72. The van der Waals surface area contributed by atoms with Crippen molar-refractivity contribution in [2.45, 2.75) is 0 Å². The molecule has 0 atom stereocenters. The molecule has 0 aliphatic carbocycles. The minimum absolute atomic E-state index is 0.0214. The zero-order valence-corrected chi connectivity index (χ0v) is 23.4. The molecule has 8 heteroatoms. The fourth-order valence-corrected chi connectivity index (χ4v) is 8.55. The summed E-state index contributed by atoms with van der Waals surface area (Å²) in [5.74, 6) is 0.672. The van der Waals surface area contributed by atoms with Gasteiger partial charge in [0, 0.05) is 11.6 Å². The van der Waals surface area contributed by atoms with E-state index in [0.29, 0.717) is 5.56 Å². The number of para-hydroxylation sites is 2. The van der Waals surface area contributed by atoms with Gasteiger partial charge in [-0.25, -0.2) is 0 Å². The van der Waals surface area contributed by atoms with E-state index >= 15 is 0 Å². The maximum Gasteiger partial charge on any atom is 0.292 e. The third kappa shape index (κ3) is 6.02. The van der Waals surface area contributed by atoms with Gasteiger partial charge in [-0.2, -0.15) is 0 Å². The second-order valence-corrected chi connectivity index (χ2v) is 12.6. The van der Waals surface area contributed by atoms with E-state index in [0.717, 1.165) is 15.9 Å². The Kier molecular flexibility index (Phi) is 8.61. The summed E-state index contributed by atoms with van der Waals surface area (Å²) in [6, 6.07) is 44.0. The highest BCUT2D eigenvalue weighted by molar-refractivity contribution is 7.98. The molecule has 0 aliphatic rings. The van der Waals surface area contributed by atoms with E-state index in [1.807, 2.05) is 96.8 Å². The number of amides is 2. The van der Waals surface area contributed by atoms with Gasteiger partial charge in [0.1, 0.15) is 40.4 Å². The molecule has 0 bridgehead atoms. The van der Waals surface area contributed by atoms with Crippen molar-refractivity contribution in [3.63, 3.8) is 0 Å². The van der Waals surface area contributed by atoms with Crippen LogP contribution >= 0.6 is 7.26 Å². The van der Waals surface area contributed by atoms with E-state index in [2.05, 4.69) is 10.6 Å². The number of hydrogen-bond acceptors (Lipinski definition) is 4. The molecule has 2 amide bonds. The second kappa shape index (κ2) is 12.9. The summed E-state index contributed by atoms with van der Waals surface area (Å²) in [5.41, 5.74) is 0.113. The molecule has 0 radical (unpaired) electrons. The minimum atomic E-state index is -2.72. The summed E-state index contributed by atoms with van der Waals surface area (Å²) in [6.45, 7) is 0. The Balaban J connectivity index is 1.74. The van der Waals surface area contributed by atoms with Gasteiger partial charge in [-0.1, -0.05) is 84.9 Å². The SMILES string of the molecule is O=C(Nc1ccccc1[N+](=O)[O-])/C(=C/[P+](c1ccccc1)(c1ccccc1)c1ccccc1)NC(=O)c1ccccc1. The molecule has 0 aliphatic heterocycles. The van der Waals surface area contributed by atoms with Crippen LogP contribution in [-0.4, -0.2) is 16.7 Å². The van der Waals surface area contributed by atoms with Crippen LogP contribution in [0.3, 0.4) is 0 Å². The molecule has 5 rings (SSSR count). The van der Waals surface area contributed by atoms with Crippen LogP contribution in [-0.2, 0) is 4.79 Å². The monoisotopic (exact) mass is 572 g/mol. The molecule has 0 saturated carbocycles. The van der Waals surface area contributed by atoms with Crippen LogP contribution in [0.2, 0.25) is 0 Å². The Morgan fingerprint density at radius 1 is 0.619 bits per heavy atom. The lowest BCUT2D eigenvalue weighted by molar-refractivity contribution is -0.383. The Morgan fingerprint density at radius 3 is 1.52 bits per heavy atom. The number of nitro groups is 1. The fraction of sp³-hybridized carbons (Fsp3) is 0. The van der Waals surface area contributed by atoms with E-state index in [1.165, 1.54) is 18.2 Å². The lowest BCUT2D eigenvalue weighted by atomic mass is 10.2. The van der Waals surface area contributed by atoms with Crippen LogP contribution in [0.4, 0.5) is 11.4 Å². The first-order valence-corrected chi connectivity index (χ1v) is 15.0. The lowest BCUT2D eigenvalue weighted by Gasteiger charge is -2.25. The standard InChI is InChI=1S/C34H26N3O4P/c38-33(26-15-5-1-6-16-26)36-31(34(39)35-30-23-13-14-24-32(30)37(40)41)25-42(27-17-7-2-8-18-27,28-19-9-3-10-20-28)29-21-11-4-12-22-29/h1-25H,(H-,35,36,38,39)/p+1/b31-25-. The van der Waals surface area contributed by atoms with E-state index in [1.54, 1.807) is 36.4 Å². The molecular formula is C34H27N3O4P+. The Labute approximate surface area is 244 Å². The summed E-state index contributed by atoms with van der Waals surface area (Å²) in [5, 5.41) is 20.1. The predicted octanol–water partition coefficient (Wildman–Crippen LogP) is 5.80. The summed E-state index contributed by atoms with van der Waals surface area (Å²) in [6.07, 6.45) is 0. The number of anilines is 1. The number of nitrogens with zero attached hydrogens (tertiary/aromatic N) is 1. The third-order valence-corrected chi connectivity index (χ3v) is 10.7. The molecule has 0 fully saturated rings. The Morgan fingerprint density at radius 2 is 1.05 bits per heavy atom. The number of benzene rings is 5. The first kappa shape index (κ1) is 28.1. The first-order chi connectivity index (χ1) is 20.5. The molecule has 0 saturated heterocycles. The van der Waals surface area contributed by atoms with Gasteiger partial charge in [-0.3, -0.25) is 19.7 Å². The highest BCUT2D eigenvalue weighted by atomic mass is 31.2. The predicted molar refractivity (Wildman–Crippen MR) is 169 cm³/mol. The number of carbonyl (C=O) groups is 2. The van der Waals surface area contributed by atoms with Gasteiger partial charge in [0.2, 0.25) is 0 Å². The Hall–Kier alpha value is -5.39. The van der Waals surface area contributed by atoms with Gasteiger partial charge in [-0.15, -0.1) is 0 Å². The first-order valence-electron chi connectivity index (χ1n) is 13.2. The second-order valence-electron chi connectivity index (χ2n) is 9.32. The maximum atomic E-state index is 14.0. The topological polar surface area (TPSA) is 101 Å². The van der Waals surface area contributed by atoms with Crippen molar-refractivity contribution in [2.75, 3.05) is 5.32 Å². The van der Waals surface area contributed by atoms with Crippen molar-refractivity contribution in [2.24, 2.45) is 0 Å². The van der Waals surface area contributed by atoms with E-state index < -0.39 is 24.0 Å². The van der Waals surface area contributed by atoms with Crippen molar-refractivity contribution >= 4 is 46.4 Å². The quantitative estimate of drug-likeness (QED) is 0.101. The molecule has 42 heavy (non-hydrogen) atoms. The smallest absolute Gasteiger partial charge is 0.292 e. The van der Waals surface area contributed by atoms with E-state index in [4.69, 9.17) is 0 Å². The molecule has 2 N–H and O–H groups in total. The summed E-state index contributed by atoms with van der Waals surface area (Å²) in [4.78, 5) is 38.6. The molecule has 0 aromatic heterocycles. The van der Waals surface area contributed by atoms with Gasteiger partial charge in [0.15, 0.2) is 0 Å². The minimum Gasteiger partial charge on any atom is -0.315 e. The van der Waals surface area contributed by atoms with Crippen LogP contribution < -0.4 is 26.5 Å². The fourth-order valence-electron chi connectivity index (χ4n) is 4.71. The van der Waals surface area contributed by atoms with Gasteiger partial charge in [0.25, 0.3) is 17.5 Å². The van der Waals surface area contributed by atoms with Crippen LogP contribution in [0.25, 0.3) is 0 Å². The number of nitrogens with one attached hydrogen (secondary N) is 2. The molecule has 206 valence electrons. The van der Waals surface area contributed by atoms with Crippen molar-refractivity contribution in [1.82, 2.24) is 5.32 Å². The van der Waals surface area contributed by atoms with Crippen LogP contribution in [0, 0.1) is 10.1 Å². The van der Waals surface area contributed by atoms with Gasteiger partial charge in [-0.05, 0) is 54.6 Å². The molecule has 0 heterocycles. The van der Waals surface area contributed by atoms with E-state index in [-0.39, 0.29) is 17.1 Å². The van der Waals surface area contributed by atoms with Crippen LogP contribution in [0.1, 0.15) is 10.4 Å². The van der Waals surface area contributed by atoms with Gasteiger partial charge >= 0.3 is 0 Å². The summed E-state index contributed by atoms with van der Waals surface area (Å²) >= 11 is 0. The highest BCUT2D eigenvalue weighted by Crippen LogP contribution is 2.57. The lowest BCUT2D eigenvalue weighted by Crippen LogP contribution is -2.35. The summed E-state index contributed by atoms with van der Waals surface area (Å²) < 4.78 is 0. The number of rotatable bonds is 9. The van der Waals surface area contributed by atoms with Gasteiger partial charge < -0.3 is 10.6 Å². The number of hydrogen-bond donors (Lipinski definition) is 2. The normalized spacial score (nSPS) is 11.4. The highest BCUT2D eigenvalue weighted by Gasteiger charge is 2.45. The van der Waals surface area contributed by atoms with Crippen molar-refractivity contribution < 1.29 is 14.5 Å². The number of carbonyl (C=O) groups excluding carboxylic acids is 2. The molecular weight excluding hydrogens is 545 g/mol. The zero-order chi connectivity index (χ0) is 29.4. The molecule has 5 aromatic rings. The molecule has 5 aromatic carbocycles. The number of nitro benzene ring substituents is 1. The van der Waals surface area contributed by atoms with Crippen LogP contribution in [0.15, 0.2) is 157 Å². The maximum absolute atomic E-state index is 14.0. The van der Waals surface area contributed by atoms with Gasteiger partial charge in [0.05, 0.1) is 4.92 Å².